The van der Waals surface area contributed by atoms with Gasteiger partial charge in [0.05, 0.1) is 11.8 Å². The molecule has 0 aliphatic carbocycles. The normalized spacial score (nSPS) is 17.9. The van der Waals surface area contributed by atoms with E-state index < -0.39 is 0 Å². The number of carbonyl (C=O) groups excluding carboxylic acids is 1. The zero-order valence-electron chi connectivity index (χ0n) is 14.7. The van der Waals surface area contributed by atoms with Crippen LogP contribution in [0.5, 0.6) is 0 Å². The van der Waals surface area contributed by atoms with Gasteiger partial charge in [-0.25, -0.2) is 0 Å². The van der Waals surface area contributed by atoms with Crippen molar-refractivity contribution in [2.24, 2.45) is 0 Å². The van der Waals surface area contributed by atoms with Gasteiger partial charge in [-0.2, -0.15) is 5.10 Å². The lowest BCUT2D eigenvalue weighted by Gasteiger charge is -2.36. The molecule has 0 spiro atoms. The van der Waals surface area contributed by atoms with E-state index in [1.807, 2.05) is 17.7 Å². The molecular weight excluding hydrogens is 298 g/mol. The van der Waals surface area contributed by atoms with Gasteiger partial charge in [0.25, 0.3) is 5.91 Å². The quantitative estimate of drug-likeness (QED) is 0.838. The number of hydrogen-bond donors (Lipinski definition) is 0. The molecule has 2 heterocycles. The van der Waals surface area contributed by atoms with Crippen LogP contribution in [-0.2, 0) is 13.0 Å². The van der Waals surface area contributed by atoms with Gasteiger partial charge in [0.1, 0.15) is 0 Å². The van der Waals surface area contributed by atoms with Crippen molar-refractivity contribution in [2.45, 2.75) is 58.5 Å². The molecule has 128 valence electrons. The van der Waals surface area contributed by atoms with Crippen molar-refractivity contribution in [3.63, 3.8) is 0 Å². The maximum atomic E-state index is 13.0. The first-order chi connectivity index (χ1) is 11.7. The van der Waals surface area contributed by atoms with Crippen LogP contribution in [0.3, 0.4) is 0 Å². The third kappa shape index (κ3) is 3.53. The van der Waals surface area contributed by atoms with Crippen molar-refractivity contribution in [3.05, 3.63) is 53.3 Å². The molecule has 1 saturated heterocycles. The van der Waals surface area contributed by atoms with Gasteiger partial charge in [0.15, 0.2) is 0 Å². The predicted octanol–water partition coefficient (Wildman–Crippen LogP) is 3.84. The van der Waals surface area contributed by atoms with Gasteiger partial charge < -0.3 is 4.90 Å². The molecule has 1 aromatic heterocycles. The fourth-order valence-electron chi connectivity index (χ4n) is 3.68. The van der Waals surface area contributed by atoms with E-state index in [1.54, 1.807) is 6.20 Å². The monoisotopic (exact) mass is 325 g/mol. The molecule has 0 radical (unpaired) electrons. The maximum absolute atomic E-state index is 13.0. The first-order valence-corrected chi connectivity index (χ1v) is 9.08. The Bertz CT molecular complexity index is 677. The van der Waals surface area contributed by atoms with Gasteiger partial charge in [-0.15, -0.1) is 0 Å². The van der Waals surface area contributed by atoms with Crippen molar-refractivity contribution in [1.29, 1.82) is 0 Å². The Kier molecular flexibility index (Phi) is 5.34. The Morgan fingerprint density at radius 1 is 1.25 bits per heavy atom. The lowest BCUT2D eigenvalue weighted by molar-refractivity contribution is 0.0601. The average Bonchev–Trinajstić information content (AvgIpc) is 3.01. The van der Waals surface area contributed by atoms with Crippen molar-refractivity contribution in [3.8, 4) is 0 Å². The number of hydrogen-bond acceptors (Lipinski definition) is 2. The molecule has 4 heteroatoms. The maximum Gasteiger partial charge on any atom is 0.257 e. The van der Waals surface area contributed by atoms with Crippen LogP contribution in [0.2, 0.25) is 0 Å². The van der Waals surface area contributed by atoms with Gasteiger partial charge in [-0.3, -0.25) is 9.48 Å². The number of piperidine rings is 1. The van der Waals surface area contributed by atoms with Crippen LogP contribution in [0.1, 0.15) is 54.2 Å². The smallest absolute Gasteiger partial charge is 0.257 e. The molecule has 4 nitrogen and oxygen atoms in total. The minimum Gasteiger partial charge on any atom is -0.336 e. The minimum atomic E-state index is 0.157. The molecule has 3 rings (SSSR count). The van der Waals surface area contributed by atoms with Crippen molar-refractivity contribution >= 4 is 5.91 Å². The molecule has 0 bridgehead atoms. The van der Waals surface area contributed by atoms with Gasteiger partial charge in [-0.05, 0) is 51.5 Å². The number of carbonyl (C=O) groups is 1. The minimum absolute atomic E-state index is 0.157. The highest BCUT2D eigenvalue weighted by Crippen LogP contribution is 2.24. The summed E-state index contributed by atoms with van der Waals surface area (Å²) in [6.07, 6.45) is 7.24. The fraction of sp³-hybridized carbons (Fsp3) is 0.500. The number of nitrogens with zero attached hydrogens (tertiary/aromatic N) is 3. The molecule has 1 amide bonds. The average molecular weight is 325 g/mol. The lowest BCUT2D eigenvalue weighted by atomic mass is 9.95. The molecule has 1 fully saturated rings. The molecule has 2 aromatic rings. The Hall–Kier alpha value is -2.10. The number of rotatable bonds is 5. The van der Waals surface area contributed by atoms with Crippen LogP contribution in [0.4, 0.5) is 0 Å². The van der Waals surface area contributed by atoms with E-state index in [-0.39, 0.29) is 5.91 Å². The molecule has 1 aromatic carbocycles. The molecule has 0 N–H and O–H groups in total. The summed E-state index contributed by atoms with van der Waals surface area (Å²) >= 11 is 0. The first kappa shape index (κ1) is 16.7. The van der Waals surface area contributed by atoms with E-state index >= 15 is 0 Å². The van der Waals surface area contributed by atoms with Gasteiger partial charge in [0, 0.05) is 24.8 Å². The Labute approximate surface area is 144 Å². The molecule has 1 aliphatic rings. The molecule has 24 heavy (non-hydrogen) atoms. The second-order valence-corrected chi connectivity index (χ2v) is 6.63. The third-order valence-corrected chi connectivity index (χ3v) is 5.13. The molecule has 0 saturated carbocycles. The highest BCUT2D eigenvalue weighted by Gasteiger charge is 2.29. The zero-order valence-corrected chi connectivity index (χ0v) is 14.7. The van der Waals surface area contributed by atoms with E-state index in [4.69, 9.17) is 0 Å². The molecule has 0 unspecified atom stereocenters. The second-order valence-electron chi connectivity index (χ2n) is 6.63. The highest BCUT2D eigenvalue weighted by atomic mass is 16.2. The summed E-state index contributed by atoms with van der Waals surface area (Å²) in [5, 5.41) is 4.34. The van der Waals surface area contributed by atoms with Crippen LogP contribution < -0.4 is 0 Å². The van der Waals surface area contributed by atoms with E-state index in [0.717, 1.165) is 50.0 Å². The summed E-state index contributed by atoms with van der Waals surface area (Å²) < 4.78 is 1.90. The Morgan fingerprint density at radius 2 is 2.04 bits per heavy atom. The van der Waals surface area contributed by atoms with Gasteiger partial charge >= 0.3 is 0 Å². The molecular formula is C20H27N3O. The van der Waals surface area contributed by atoms with Crippen LogP contribution in [-0.4, -0.2) is 33.2 Å². The first-order valence-electron chi connectivity index (χ1n) is 9.08. The summed E-state index contributed by atoms with van der Waals surface area (Å²) in [6, 6.07) is 10.9. The number of likely N-dealkylation sites (tertiary alicyclic amines) is 1. The van der Waals surface area contributed by atoms with Crippen molar-refractivity contribution < 1.29 is 4.79 Å². The number of aryl methyl sites for hydroxylation is 2. The highest BCUT2D eigenvalue weighted by molar-refractivity contribution is 5.95. The summed E-state index contributed by atoms with van der Waals surface area (Å²) in [6.45, 7) is 5.72. The molecule has 1 atom stereocenters. The van der Waals surface area contributed by atoms with E-state index in [0.29, 0.717) is 6.04 Å². The number of aromatic nitrogens is 2. The number of amides is 1. The predicted molar refractivity (Wildman–Crippen MR) is 96.1 cm³/mol. The van der Waals surface area contributed by atoms with E-state index in [9.17, 15) is 4.79 Å². The largest absolute Gasteiger partial charge is 0.336 e. The van der Waals surface area contributed by atoms with Crippen molar-refractivity contribution in [2.75, 3.05) is 6.54 Å². The summed E-state index contributed by atoms with van der Waals surface area (Å²) in [4.78, 5) is 15.1. The van der Waals surface area contributed by atoms with Crippen LogP contribution in [0.15, 0.2) is 36.5 Å². The third-order valence-electron chi connectivity index (χ3n) is 5.13. The topological polar surface area (TPSA) is 38.1 Å². The van der Waals surface area contributed by atoms with E-state index in [2.05, 4.69) is 41.2 Å². The van der Waals surface area contributed by atoms with Gasteiger partial charge in [0.2, 0.25) is 0 Å². The fourth-order valence-corrected chi connectivity index (χ4v) is 3.68. The van der Waals surface area contributed by atoms with Crippen LogP contribution >= 0.6 is 0 Å². The summed E-state index contributed by atoms with van der Waals surface area (Å²) in [7, 11) is 0. The Balaban J connectivity index is 1.71. The standard InChI is InChI=1S/C20H27N3O/c1-3-23-16(2)19(15-21-23)20(24)22-14-8-7-11-18(22)13-12-17-9-5-4-6-10-17/h4-6,9-10,15,18H,3,7-8,11-14H2,1-2H3/t18-/m1/s1. The van der Waals surface area contributed by atoms with E-state index in [1.165, 1.54) is 12.0 Å². The van der Waals surface area contributed by atoms with Gasteiger partial charge in [-0.1, -0.05) is 30.3 Å². The summed E-state index contributed by atoms with van der Waals surface area (Å²) in [5.41, 5.74) is 3.10. The Morgan fingerprint density at radius 3 is 2.75 bits per heavy atom. The van der Waals surface area contributed by atoms with Crippen LogP contribution in [0, 0.1) is 6.92 Å². The summed E-state index contributed by atoms with van der Waals surface area (Å²) in [5.74, 6) is 0.157. The zero-order chi connectivity index (χ0) is 16.9. The molecule has 1 aliphatic heterocycles. The SMILES string of the molecule is CCn1ncc(C(=O)N2CCCC[C@@H]2CCc2ccccc2)c1C. The number of benzene rings is 1. The second kappa shape index (κ2) is 7.65. The lowest BCUT2D eigenvalue weighted by Crippen LogP contribution is -2.44. The van der Waals surface area contributed by atoms with Crippen molar-refractivity contribution in [1.82, 2.24) is 14.7 Å². The van der Waals surface area contributed by atoms with Crippen LogP contribution in [0.25, 0.3) is 0 Å².